The van der Waals surface area contributed by atoms with E-state index in [2.05, 4.69) is 5.32 Å². The van der Waals surface area contributed by atoms with Gasteiger partial charge in [0.1, 0.15) is 0 Å². The Morgan fingerprint density at radius 2 is 1.72 bits per heavy atom. The molecule has 2 N–H and O–H groups in total. The van der Waals surface area contributed by atoms with Crippen molar-refractivity contribution in [3.63, 3.8) is 0 Å². The highest BCUT2D eigenvalue weighted by atomic mass is 16.3. The van der Waals surface area contributed by atoms with E-state index in [4.69, 9.17) is 0 Å². The molecule has 1 unspecified atom stereocenters. The van der Waals surface area contributed by atoms with Gasteiger partial charge in [-0.15, -0.1) is 0 Å². The Hall–Kier alpha value is -2.25. The van der Waals surface area contributed by atoms with E-state index in [0.717, 1.165) is 4.90 Å². The molecule has 0 radical (unpaired) electrons. The minimum absolute atomic E-state index is 0.376. The van der Waals surface area contributed by atoms with Crippen LogP contribution in [0.4, 0.5) is 4.79 Å². The summed E-state index contributed by atoms with van der Waals surface area (Å²) in [6.45, 7) is 4.27. The minimum Gasteiger partial charge on any atom is -0.393 e. The molecule has 25 heavy (non-hydrogen) atoms. The van der Waals surface area contributed by atoms with Crippen LogP contribution in [0.15, 0.2) is 30.3 Å². The van der Waals surface area contributed by atoms with E-state index >= 15 is 0 Å². The summed E-state index contributed by atoms with van der Waals surface area (Å²) in [7, 11) is 0. The number of carbonyl (C=O) groups excluding carboxylic acids is 3. The van der Waals surface area contributed by atoms with Gasteiger partial charge in [-0.05, 0) is 32.3 Å². The molecule has 7 heteroatoms. The topological polar surface area (TPSA) is 90.0 Å². The molecule has 2 aliphatic heterocycles. The third-order valence-corrected chi connectivity index (χ3v) is 4.94. The van der Waals surface area contributed by atoms with Crippen LogP contribution in [0.25, 0.3) is 0 Å². The molecule has 1 atom stereocenters. The predicted octanol–water partition coefficient (Wildman–Crippen LogP) is 0.825. The summed E-state index contributed by atoms with van der Waals surface area (Å²) < 4.78 is 0. The third kappa shape index (κ3) is 2.73. The van der Waals surface area contributed by atoms with Crippen LogP contribution in [0, 0.1) is 0 Å². The summed E-state index contributed by atoms with van der Waals surface area (Å²) in [5.41, 5.74) is -1.05. The Bertz CT molecular complexity index is 683. The monoisotopic (exact) mass is 345 g/mol. The Morgan fingerprint density at radius 3 is 2.28 bits per heavy atom. The van der Waals surface area contributed by atoms with Gasteiger partial charge in [0.05, 0.1) is 6.10 Å². The molecule has 0 spiro atoms. The number of barbiturate groups is 1. The first kappa shape index (κ1) is 17.6. The van der Waals surface area contributed by atoms with Crippen molar-refractivity contribution in [2.45, 2.75) is 44.4 Å². The maximum Gasteiger partial charge on any atom is 0.331 e. The van der Waals surface area contributed by atoms with Crippen molar-refractivity contribution in [3.05, 3.63) is 35.9 Å². The third-order valence-electron chi connectivity index (χ3n) is 4.94. The molecule has 134 valence electrons. The summed E-state index contributed by atoms with van der Waals surface area (Å²) >= 11 is 0. The van der Waals surface area contributed by atoms with E-state index in [1.165, 1.54) is 0 Å². The van der Waals surface area contributed by atoms with Crippen LogP contribution in [-0.4, -0.2) is 58.0 Å². The lowest BCUT2D eigenvalue weighted by Gasteiger charge is -2.48. The van der Waals surface area contributed by atoms with Crippen LogP contribution in [0.3, 0.4) is 0 Å². The maximum atomic E-state index is 13.4. The number of piperidine rings is 1. The number of rotatable bonds is 3. The van der Waals surface area contributed by atoms with E-state index in [0.29, 0.717) is 31.5 Å². The first-order valence-electron chi connectivity index (χ1n) is 8.56. The normalized spacial score (nSPS) is 26.2. The molecule has 4 amide bonds. The molecule has 1 aromatic carbocycles. The van der Waals surface area contributed by atoms with E-state index in [1.54, 1.807) is 43.0 Å². The molecule has 7 nitrogen and oxygen atoms in total. The van der Waals surface area contributed by atoms with Crippen molar-refractivity contribution in [2.24, 2.45) is 0 Å². The first-order chi connectivity index (χ1) is 11.9. The molecule has 2 aliphatic rings. The van der Waals surface area contributed by atoms with Crippen LogP contribution in [0.5, 0.6) is 0 Å². The van der Waals surface area contributed by atoms with Crippen molar-refractivity contribution >= 4 is 17.8 Å². The summed E-state index contributed by atoms with van der Waals surface area (Å²) in [6, 6.07) is 7.76. The number of nitrogens with zero attached hydrogens (tertiary/aromatic N) is 2. The Labute approximate surface area is 146 Å². The standard InChI is InChI=1S/C18H23N3O4/c1-12(2)21-16(24)18(15(23)19-17(21)25,13-6-4-3-5-7-13)20-10-8-14(22)9-11-20/h3-7,12,14,22H,8-11H2,1-2H3,(H,19,23,25). The van der Waals surface area contributed by atoms with Crippen molar-refractivity contribution < 1.29 is 19.5 Å². The molecule has 0 bridgehead atoms. The number of urea groups is 1. The molecule has 2 saturated heterocycles. The molecule has 0 aliphatic carbocycles. The van der Waals surface area contributed by atoms with Crippen LogP contribution < -0.4 is 5.32 Å². The van der Waals surface area contributed by atoms with Gasteiger partial charge >= 0.3 is 6.03 Å². The van der Waals surface area contributed by atoms with Crippen molar-refractivity contribution in [3.8, 4) is 0 Å². The number of amides is 4. The molecule has 3 rings (SSSR count). The molecule has 2 heterocycles. The van der Waals surface area contributed by atoms with Gasteiger partial charge in [0.25, 0.3) is 11.8 Å². The number of nitrogens with one attached hydrogen (secondary N) is 1. The number of hydrogen-bond donors (Lipinski definition) is 2. The van der Waals surface area contributed by atoms with Gasteiger partial charge in [-0.25, -0.2) is 4.79 Å². The van der Waals surface area contributed by atoms with Crippen molar-refractivity contribution in [1.82, 2.24) is 15.1 Å². The fraction of sp³-hybridized carbons (Fsp3) is 0.500. The van der Waals surface area contributed by atoms with Crippen LogP contribution in [-0.2, 0) is 15.1 Å². The van der Waals surface area contributed by atoms with Gasteiger partial charge in [0.15, 0.2) is 0 Å². The van der Waals surface area contributed by atoms with Gasteiger partial charge in [0, 0.05) is 19.1 Å². The average molecular weight is 345 g/mol. The van der Waals surface area contributed by atoms with Gasteiger partial charge in [0.2, 0.25) is 5.54 Å². The number of imide groups is 2. The summed E-state index contributed by atoms with van der Waals surface area (Å²) in [4.78, 5) is 41.6. The zero-order valence-corrected chi connectivity index (χ0v) is 14.4. The zero-order valence-electron chi connectivity index (χ0n) is 14.4. The fourth-order valence-electron chi connectivity index (χ4n) is 3.68. The van der Waals surface area contributed by atoms with Gasteiger partial charge in [-0.3, -0.25) is 24.7 Å². The fourth-order valence-corrected chi connectivity index (χ4v) is 3.68. The van der Waals surface area contributed by atoms with E-state index in [-0.39, 0.29) is 6.04 Å². The van der Waals surface area contributed by atoms with Crippen LogP contribution >= 0.6 is 0 Å². The molecule has 2 fully saturated rings. The first-order valence-corrected chi connectivity index (χ1v) is 8.56. The van der Waals surface area contributed by atoms with Crippen LogP contribution in [0.1, 0.15) is 32.3 Å². The van der Waals surface area contributed by atoms with E-state index < -0.39 is 29.5 Å². The minimum atomic E-state index is -1.58. The highest BCUT2D eigenvalue weighted by molar-refractivity contribution is 6.22. The predicted molar refractivity (Wildman–Crippen MR) is 90.5 cm³/mol. The van der Waals surface area contributed by atoms with Crippen molar-refractivity contribution in [2.75, 3.05) is 13.1 Å². The highest BCUT2D eigenvalue weighted by Gasteiger charge is 2.59. The molecule has 0 saturated carbocycles. The average Bonchev–Trinajstić information content (AvgIpc) is 2.57. The maximum absolute atomic E-state index is 13.4. The lowest BCUT2D eigenvalue weighted by atomic mass is 9.82. The lowest BCUT2D eigenvalue weighted by Crippen LogP contribution is -2.73. The SMILES string of the molecule is CC(C)N1C(=O)NC(=O)C(c2ccccc2)(N2CCC(O)CC2)C1=O. The van der Waals surface area contributed by atoms with E-state index in [1.807, 2.05) is 6.07 Å². The number of aliphatic hydroxyl groups excluding tert-OH is 1. The molecule has 1 aromatic rings. The van der Waals surface area contributed by atoms with Gasteiger partial charge in [-0.1, -0.05) is 30.3 Å². The Morgan fingerprint density at radius 1 is 1.12 bits per heavy atom. The van der Waals surface area contributed by atoms with Crippen LogP contribution in [0.2, 0.25) is 0 Å². The number of benzene rings is 1. The smallest absolute Gasteiger partial charge is 0.331 e. The number of hydrogen-bond acceptors (Lipinski definition) is 5. The molecular weight excluding hydrogens is 322 g/mol. The largest absolute Gasteiger partial charge is 0.393 e. The number of aliphatic hydroxyl groups is 1. The summed E-state index contributed by atoms with van der Waals surface area (Å²) in [6.07, 6.45) is 0.517. The Kier molecular flexibility index (Phi) is 4.62. The lowest BCUT2D eigenvalue weighted by molar-refractivity contribution is -0.159. The second-order valence-corrected chi connectivity index (χ2v) is 6.82. The highest BCUT2D eigenvalue weighted by Crippen LogP contribution is 2.36. The summed E-state index contributed by atoms with van der Waals surface area (Å²) in [5.74, 6) is -1.15. The van der Waals surface area contributed by atoms with E-state index in [9.17, 15) is 19.5 Å². The summed E-state index contributed by atoms with van der Waals surface area (Å²) in [5, 5.41) is 12.2. The zero-order chi connectivity index (χ0) is 18.2. The quantitative estimate of drug-likeness (QED) is 0.792. The van der Waals surface area contributed by atoms with Gasteiger partial charge in [-0.2, -0.15) is 0 Å². The Balaban J connectivity index is 2.15. The van der Waals surface area contributed by atoms with Crippen molar-refractivity contribution in [1.29, 1.82) is 0 Å². The molecular formula is C18H23N3O4. The van der Waals surface area contributed by atoms with Gasteiger partial charge < -0.3 is 5.11 Å². The second kappa shape index (κ2) is 6.57. The number of carbonyl (C=O) groups is 3. The second-order valence-electron chi connectivity index (χ2n) is 6.82. The number of likely N-dealkylation sites (tertiary alicyclic amines) is 1. The molecule has 0 aromatic heterocycles.